The van der Waals surface area contributed by atoms with E-state index in [1.54, 1.807) is 30.3 Å². The zero-order chi connectivity index (χ0) is 26.5. The van der Waals surface area contributed by atoms with Crippen LogP contribution in [0.1, 0.15) is 12.5 Å². The van der Waals surface area contributed by atoms with Gasteiger partial charge < -0.3 is 10.1 Å². The van der Waals surface area contributed by atoms with Gasteiger partial charge in [0.15, 0.2) is 0 Å². The summed E-state index contributed by atoms with van der Waals surface area (Å²) in [4.78, 5) is 13.2. The first-order chi connectivity index (χ1) is 17.7. The Hall–Kier alpha value is -3.25. The highest BCUT2D eigenvalue weighted by Crippen LogP contribution is 2.28. The van der Waals surface area contributed by atoms with Crippen LogP contribution in [0.4, 0.5) is 11.4 Å². The van der Waals surface area contributed by atoms with Crippen LogP contribution in [-0.2, 0) is 36.0 Å². The molecular formula is C26H29N3O6S2. The molecule has 0 spiro atoms. The first-order valence-corrected chi connectivity index (χ1v) is 14.7. The summed E-state index contributed by atoms with van der Waals surface area (Å²) in [5.41, 5.74) is 1.56. The lowest BCUT2D eigenvalue weighted by molar-refractivity contribution is -0.114. The Labute approximate surface area is 217 Å². The predicted octanol–water partition coefficient (Wildman–Crippen LogP) is 3.10. The van der Waals surface area contributed by atoms with Crippen molar-refractivity contribution in [3.8, 4) is 0 Å². The van der Waals surface area contributed by atoms with Crippen molar-refractivity contribution in [2.24, 2.45) is 0 Å². The third kappa shape index (κ3) is 6.02. The van der Waals surface area contributed by atoms with Crippen molar-refractivity contribution in [3.05, 3.63) is 84.4 Å². The Morgan fingerprint density at radius 2 is 1.49 bits per heavy atom. The second kappa shape index (κ2) is 11.4. The van der Waals surface area contributed by atoms with E-state index in [1.165, 1.54) is 40.7 Å². The zero-order valence-corrected chi connectivity index (χ0v) is 22.0. The summed E-state index contributed by atoms with van der Waals surface area (Å²) >= 11 is 0. The number of sulfonamides is 2. The monoisotopic (exact) mass is 543 g/mol. The summed E-state index contributed by atoms with van der Waals surface area (Å²) in [7, 11) is -7.70. The zero-order valence-electron chi connectivity index (χ0n) is 20.4. The highest BCUT2D eigenvalue weighted by Gasteiger charge is 2.29. The number of amides is 1. The number of hydrogen-bond acceptors (Lipinski definition) is 6. The first-order valence-electron chi connectivity index (χ1n) is 11.9. The van der Waals surface area contributed by atoms with Gasteiger partial charge in [-0.3, -0.25) is 9.10 Å². The quantitative estimate of drug-likeness (QED) is 0.444. The van der Waals surface area contributed by atoms with Crippen molar-refractivity contribution >= 4 is 37.3 Å². The van der Waals surface area contributed by atoms with Crippen LogP contribution >= 0.6 is 0 Å². The van der Waals surface area contributed by atoms with Gasteiger partial charge >= 0.3 is 0 Å². The normalized spacial score (nSPS) is 14.7. The van der Waals surface area contributed by atoms with Crippen molar-refractivity contribution in [2.75, 3.05) is 42.5 Å². The van der Waals surface area contributed by atoms with E-state index in [1.807, 2.05) is 19.1 Å². The fourth-order valence-electron chi connectivity index (χ4n) is 4.05. The second-order valence-electron chi connectivity index (χ2n) is 8.40. The van der Waals surface area contributed by atoms with Crippen molar-refractivity contribution in [3.63, 3.8) is 0 Å². The van der Waals surface area contributed by atoms with Gasteiger partial charge in [-0.1, -0.05) is 43.3 Å². The van der Waals surface area contributed by atoms with Crippen molar-refractivity contribution in [1.29, 1.82) is 0 Å². The molecule has 1 amide bonds. The second-order valence-corrected chi connectivity index (χ2v) is 12.2. The minimum Gasteiger partial charge on any atom is -0.379 e. The van der Waals surface area contributed by atoms with Crippen LogP contribution in [0.15, 0.2) is 88.7 Å². The Balaban J connectivity index is 1.56. The van der Waals surface area contributed by atoms with Crippen LogP contribution in [0.3, 0.4) is 0 Å². The maximum absolute atomic E-state index is 13.6. The van der Waals surface area contributed by atoms with Crippen molar-refractivity contribution < 1.29 is 26.4 Å². The average Bonchev–Trinajstić information content (AvgIpc) is 2.93. The summed E-state index contributed by atoms with van der Waals surface area (Å²) < 4.78 is 60.5. The molecule has 3 aromatic carbocycles. The third-order valence-electron chi connectivity index (χ3n) is 6.01. The molecule has 0 unspecified atom stereocenters. The standard InChI is InChI=1S/C26H29N3O6S2/c1-2-21-8-6-7-11-25(21)29(37(33,34)23-9-4-3-5-10-23)20-26(30)27-22-12-14-24(15-13-22)36(31,32)28-16-18-35-19-17-28/h3-15H,2,16-20H2,1H3,(H,27,30). The number of morpholine rings is 1. The van der Waals surface area contributed by atoms with E-state index in [9.17, 15) is 21.6 Å². The Morgan fingerprint density at radius 1 is 0.865 bits per heavy atom. The van der Waals surface area contributed by atoms with E-state index >= 15 is 0 Å². The van der Waals surface area contributed by atoms with Crippen molar-refractivity contribution in [2.45, 2.75) is 23.1 Å². The molecule has 11 heteroatoms. The summed E-state index contributed by atoms with van der Waals surface area (Å²) in [6.07, 6.45) is 0.581. The number of nitrogens with zero attached hydrogens (tertiary/aromatic N) is 2. The molecule has 0 aliphatic carbocycles. The van der Waals surface area contributed by atoms with Crippen LogP contribution in [0.25, 0.3) is 0 Å². The van der Waals surface area contributed by atoms with Gasteiger partial charge in [0.25, 0.3) is 10.0 Å². The highest BCUT2D eigenvalue weighted by molar-refractivity contribution is 7.92. The lowest BCUT2D eigenvalue weighted by atomic mass is 10.1. The average molecular weight is 544 g/mol. The molecule has 3 aromatic rings. The number of hydrogen-bond donors (Lipinski definition) is 1. The number of aryl methyl sites for hydroxylation is 1. The molecule has 37 heavy (non-hydrogen) atoms. The van der Waals surface area contributed by atoms with Gasteiger partial charge in [0.05, 0.1) is 28.7 Å². The van der Waals surface area contributed by atoms with Crippen LogP contribution in [0, 0.1) is 0 Å². The molecule has 1 aliphatic heterocycles. The maximum atomic E-state index is 13.6. The van der Waals surface area contributed by atoms with E-state index in [-0.39, 0.29) is 22.9 Å². The molecule has 4 rings (SSSR count). The smallest absolute Gasteiger partial charge is 0.264 e. The minimum atomic E-state index is -4.04. The van der Waals surface area contributed by atoms with E-state index in [4.69, 9.17) is 4.74 Å². The summed E-state index contributed by atoms with van der Waals surface area (Å²) in [6.45, 7) is 2.71. The number of anilines is 2. The Bertz CT molecular complexity index is 1440. The minimum absolute atomic E-state index is 0.0754. The van der Waals surface area contributed by atoms with Gasteiger partial charge in [0.1, 0.15) is 6.54 Å². The molecule has 0 aromatic heterocycles. The molecule has 196 valence electrons. The van der Waals surface area contributed by atoms with Crippen LogP contribution in [0.2, 0.25) is 0 Å². The lowest BCUT2D eigenvalue weighted by Crippen LogP contribution is -2.40. The molecule has 1 fully saturated rings. The van der Waals surface area contributed by atoms with Gasteiger partial charge in [-0.15, -0.1) is 0 Å². The topological polar surface area (TPSA) is 113 Å². The van der Waals surface area contributed by atoms with Crippen LogP contribution in [-0.4, -0.2) is 59.9 Å². The fourth-order valence-corrected chi connectivity index (χ4v) is 6.94. The van der Waals surface area contributed by atoms with Gasteiger partial charge in [-0.25, -0.2) is 16.8 Å². The molecule has 1 heterocycles. The molecule has 1 saturated heterocycles. The van der Waals surface area contributed by atoms with Crippen molar-refractivity contribution in [1.82, 2.24) is 4.31 Å². The number of rotatable bonds is 9. The van der Waals surface area contributed by atoms with Gasteiger partial charge in [0, 0.05) is 18.8 Å². The molecule has 9 nitrogen and oxygen atoms in total. The van der Waals surface area contributed by atoms with E-state index in [0.29, 0.717) is 31.0 Å². The molecule has 0 atom stereocenters. The number of benzene rings is 3. The summed E-state index contributed by atoms with van der Waals surface area (Å²) in [5.74, 6) is -0.561. The molecular weight excluding hydrogens is 514 g/mol. The van der Waals surface area contributed by atoms with Crippen LogP contribution in [0.5, 0.6) is 0 Å². The molecule has 0 bridgehead atoms. The third-order valence-corrected chi connectivity index (χ3v) is 9.69. The maximum Gasteiger partial charge on any atom is 0.264 e. The SMILES string of the molecule is CCc1ccccc1N(CC(=O)Nc1ccc(S(=O)(=O)N2CCOCC2)cc1)S(=O)(=O)c1ccccc1. The molecule has 0 saturated carbocycles. The molecule has 0 radical (unpaired) electrons. The van der Waals surface area contributed by atoms with E-state index < -0.39 is 32.5 Å². The first kappa shape index (κ1) is 26.8. The number of carbonyl (C=O) groups excluding carboxylic acids is 1. The molecule has 1 N–H and O–H groups in total. The largest absolute Gasteiger partial charge is 0.379 e. The van der Waals surface area contributed by atoms with Gasteiger partial charge in [-0.2, -0.15) is 4.31 Å². The number of carbonyl (C=O) groups is 1. The highest BCUT2D eigenvalue weighted by atomic mass is 32.2. The number of para-hydroxylation sites is 1. The number of ether oxygens (including phenoxy) is 1. The Morgan fingerprint density at radius 3 is 2.14 bits per heavy atom. The number of nitrogens with one attached hydrogen (secondary N) is 1. The van der Waals surface area contributed by atoms with E-state index in [2.05, 4.69) is 5.32 Å². The predicted molar refractivity (Wildman–Crippen MR) is 141 cm³/mol. The fraction of sp³-hybridized carbons (Fsp3) is 0.269. The summed E-state index contributed by atoms with van der Waals surface area (Å²) in [5, 5.41) is 2.69. The van der Waals surface area contributed by atoms with Gasteiger partial charge in [0.2, 0.25) is 15.9 Å². The Kier molecular flexibility index (Phi) is 8.28. The lowest BCUT2D eigenvalue weighted by Gasteiger charge is -2.26. The summed E-state index contributed by atoms with van der Waals surface area (Å²) in [6, 6.07) is 20.8. The van der Waals surface area contributed by atoms with Gasteiger partial charge in [-0.05, 0) is 54.4 Å². The van der Waals surface area contributed by atoms with Crippen LogP contribution < -0.4 is 9.62 Å². The van der Waals surface area contributed by atoms with E-state index in [0.717, 1.165) is 9.87 Å². The molecule has 1 aliphatic rings.